The summed E-state index contributed by atoms with van der Waals surface area (Å²) >= 11 is 0. The molecule has 0 bridgehead atoms. The number of benzene rings is 2. The van der Waals surface area contributed by atoms with Gasteiger partial charge < -0.3 is 14.8 Å². The van der Waals surface area contributed by atoms with Gasteiger partial charge in [0.25, 0.3) is 0 Å². The first-order valence-corrected chi connectivity index (χ1v) is 8.87. The first kappa shape index (κ1) is 17.8. The van der Waals surface area contributed by atoms with Crippen molar-refractivity contribution in [1.82, 2.24) is 10.2 Å². The molecular formula is C20H20N4O4. The molecule has 1 aliphatic heterocycles. The molecule has 1 fully saturated rings. The monoisotopic (exact) mass is 380 g/mol. The van der Waals surface area contributed by atoms with E-state index in [0.29, 0.717) is 23.0 Å². The van der Waals surface area contributed by atoms with Crippen LogP contribution < -0.4 is 19.7 Å². The number of nitrogens with zero attached hydrogens (tertiary/aromatic N) is 2. The normalized spacial score (nSPS) is 16.4. The summed E-state index contributed by atoms with van der Waals surface area (Å²) in [4.78, 5) is 26.9. The molecule has 1 saturated heterocycles. The standard InChI is InChI=1S/C20H20N4O4/c1-27-13-7-8-17(28-2)16(10-13)21-20(26)12-9-18(25)24(11-12)19-14-5-3-4-6-15(14)22-23-19/h3-8,10,12H,9,11H2,1-2H3,(H,21,26)(H,22,23). The number of ether oxygens (including phenoxy) is 2. The molecule has 2 N–H and O–H groups in total. The van der Waals surface area contributed by atoms with Crippen molar-refractivity contribution in [2.24, 2.45) is 5.92 Å². The number of fused-ring (bicyclic) bond motifs is 1. The number of aromatic nitrogens is 2. The van der Waals surface area contributed by atoms with Crippen LogP contribution in [0.5, 0.6) is 11.5 Å². The summed E-state index contributed by atoms with van der Waals surface area (Å²) in [6, 6.07) is 12.7. The summed E-state index contributed by atoms with van der Waals surface area (Å²) in [5, 5.41) is 10.9. The Balaban J connectivity index is 1.53. The van der Waals surface area contributed by atoms with Crippen LogP contribution in [0.25, 0.3) is 10.9 Å². The largest absolute Gasteiger partial charge is 0.497 e. The highest BCUT2D eigenvalue weighted by molar-refractivity contribution is 6.07. The second-order valence-electron chi connectivity index (χ2n) is 6.55. The van der Waals surface area contributed by atoms with E-state index in [1.807, 2.05) is 24.3 Å². The Bertz CT molecular complexity index is 1050. The second-order valence-corrected chi connectivity index (χ2v) is 6.55. The molecule has 8 heteroatoms. The molecule has 8 nitrogen and oxygen atoms in total. The summed E-state index contributed by atoms with van der Waals surface area (Å²) in [5.41, 5.74) is 1.35. The molecule has 1 aliphatic rings. The maximum absolute atomic E-state index is 12.8. The van der Waals surface area contributed by atoms with E-state index in [2.05, 4.69) is 15.5 Å². The van der Waals surface area contributed by atoms with Gasteiger partial charge >= 0.3 is 0 Å². The third-order valence-corrected chi connectivity index (χ3v) is 4.87. The molecule has 0 spiro atoms. The quantitative estimate of drug-likeness (QED) is 0.709. The molecule has 4 rings (SSSR count). The van der Waals surface area contributed by atoms with Crippen LogP contribution in [-0.4, -0.2) is 42.8 Å². The van der Waals surface area contributed by atoms with E-state index in [9.17, 15) is 9.59 Å². The van der Waals surface area contributed by atoms with Crippen molar-refractivity contribution in [1.29, 1.82) is 0 Å². The summed E-state index contributed by atoms with van der Waals surface area (Å²) in [5.74, 6) is 0.808. The Labute approximate surface area is 161 Å². The fourth-order valence-electron chi connectivity index (χ4n) is 3.39. The number of rotatable bonds is 5. The number of carbonyl (C=O) groups excluding carboxylic acids is 2. The second kappa shape index (κ2) is 7.22. The number of nitrogens with one attached hydrogen (secondary N) is 2. The lowest BCUT2D eigenvalue weighted by Crippen LogP contribution is -2.28. The van der Waals surface area contributed by atoms with Crippen molar-refractivity contribution in [2.75, 3.05) is 31.0 Å². The molecule has 0 saturated carbocycles. The molecule has 2 aromatic carbocycles. The highest BCUT2D eigenvalue weighted by Gasteiger charge is 2.37. The van der Waals surface area contributed by atoms with Crippen LogP contribution in [0.2, 0.25) is 0 Å². The molecule has 2 heterocycles. The Hall–Kier alpha value is -3.55. The van der Waals surface area contributed by atoms with Gasteiger partial charge in [-0.3, -0.25) is 19.6 Å². The summed E-state index contributed by atoms with van der Waals surface area (Å²) in [6.07, 6.45) is 0.124. The van der Waals surface area contributed by atoms with E-state index in [0.717, 1.165) is 10.9 Å². The minimum absolute atomic E-state index is 0.124. The maximum atomic E-state index is 12.8. The van der Waals surface area contributed by atoms with E-state index < -0.39 is 5.92 Å². The SMILES string of the molecule is COc1ccc(OC)c(NC(=O)C2CC(=O)N(c3n[nH]c4ccccc34)C2)c1. The van der Waals surface area contributed by atoms with Crippen molar-refractivity contribution < 1.29 is 19.1 Å². The minimum atomic E-state index is -0.487. The zero-order valence-electron chi connectivity index (χ0n) is 15.6. The maximum Gasteiger partial charge on any atom is 0.229 e. The van der Waals surface area contributed by atoms with Crippen molar-refractivity contribution in [3.8, 4) is 11.5 Å². The first-order valence-electron chi connectivity index (χ1n) is 8.87. The van der Waals surface area contributed by atoms with Gasteiger partial charge in [-0.25, -0.2) is 0 Å². The van der Waals surface area contributed by atoms with Crippen molar-refractivity contribution >= 4 is 34.2 Å². The van der Waals surface area contributed by atoms with Gasteiger partial charge in [0.1, 0.15) is 11.5 Å². The molecule has 2 amide bonds. The van der Waals surface area contributed by atoms with Gasteiger partial charge in [-0.05, 0) is 24.3 Å². The fraction of sp³-hybridized carbons (Fsp3) is 0.250. The van der Waals surface area contributed by atoms with Gasteiger partial charge in [-0.2, -0.15) is 5.10 Å². The third-order valence-electron chi connectivity index (χ3n) is 4.87. The van der Waals surface area contributed by atoms with E-state index >= 15 is 0 Å². The Morgan fingerprint density at radius 1 is 1.21 bits per heavy atom. The lowest BCUT2D eigenvalue weighted by molar-refractivity contribution is -0.122. The number of hydrogen-bond donors (Lipinski definition) is 2. The minimum Gasteiger partial charge on any atom is -0.497 e. The molecule has 3 aromatic rings. The van der Waals surface area contributed by atoms with Gasteiger partial charge in [0, 0.05) is 24.4 Å². The third kappa shape index (κ3) is 3.13. The van der Waals surface area contributed by atoms with Crippen LogP contribution in [0.1, 0.15) is 6.42 Å². The van der Waals surface area contributed by atoms with Crippen molar-refractivity contribution in [3.63, 3.8) is 0 Å². The molecule has 1 unspecified atom stereocenters. The smallest absolute Gasteiger partial charge is 0.229 e. The molecule has 28 heavy (non-hydrogen) atoms. The van der Waals surface area contributed by atoms with E-state index in [1.165, 1.54) is 7.11 Å². The molecule has 0 aliphatic carbocycles. The number of H-pyrrole nitrogens is 1. The number of carbonyl (C=O) groups is 2. The van der Waals surface area contributed by atoms with Crippen molar-refractivity contribution in [2.45, 2.75) is 6.42 Å². The lowest BCUT2D eigenvalue weighted by atomic mass is 10.1. The molecule has 1 atom stereocenters. The van der Waals surface area contributed by atoms with Crippen molar-refractivity contribution in [3.05, 3.63) is 42.5 Å². The predicted octanol–water partition coefficient (Wildman–Crippen LogP) is 2.57. The molecule has 144 valence electrons. The first-order chi connectivity index (χ1) is 13.6. The highest BCUT2D eigenvalue weighted by Crippen LogP contribution is 2.32. The Morgan fingerprint density at radius 2 is 2.04 bits per heavy atom. The summed E-state index contributed by atoms with van der Waals surface area (Å²) < 4.78 is 10.5. The van der Waals surface area contributed by atoms with Crippen LogP contribution in [0.3, 0.4) is 0 Å². The lowest BCUT2D eigenvalue weighted by Gasteiger charge is -2.15. The van der Waals surface area contributed by atoms with Gasteiger partial charge in [0.05, 0.1) is 31.3 Å². The average Bonchev–Trinajstić information content (AvgIpc) is 3.31. The van der Waals surface area contributed by atoms with Gasteiger partial charge in [-0.1, -0.05) is 12.1 Å². The van der Waals surface area contributed by atoms with Gasteiger partial charge in [-0.15, -0.1) is 0 Å². The molecule has 0 radical (unpaired) electrons. The van der Waals surface area contributed by atoms with Crippen LogP contribution >= 0.6 is 0 Å². The Kier molecular flexibility index (Phi) is 4.60. The number of amides is 2. The number of methoxy groups -OCH3 is 2. The van der Waals surface area contributed by atoms with Gasteiger partial charge in [0.2, 0.25) is 11.8 Å². The number of hydrogen-bond acceptors (Lipinski definition) is 5. The predicted molar refractivity (Wildman–Crippen MR) is 105 cm³/mol. The summed E-state index contributed by atoms with van der Waals surface area (Å²) in [6.45, 7) is 0.270. The fourth-order valence-corrected chi connectivity index (χ4v) is 3.39. The van der Waals surface area contributed by atoms with Crippen LogP contribution in [-0.2, 0) is 9.59 Å². The van der Waals surface area contributed by atoms with Crippen LogP contribution in [0.4, 0.5) is 11.5 Å². The van der Waals surface area contributed by atoms with Gasteiger partial charge in [0.15, 0.2) is 5.82 Å². The van der Waals surface area contributed by atoms with Crippen LogP contribution in [0.15, 0.2) is 42.5 Å². The average molecular weight is 380 g/mol. The zero-order valence-corrected chi connectivity index (χ0v) is 15.6. The zero-order chi connectivity index (χ0) is 19.7. The number of para-hydroxylation sites is 1. The number of aromatic amines is 1. The Morgan fingerprint density at radius 3 is 2.82 bits per heavy atom. The van der Waals surface area contributed by atoms with E-state index in [1.54, 1.807) is 30.2 Å². The summed E-state index contributed by atoms with van der Waals surface area (Å²) in [7, 11) is 3.08. The molecule has 1 aromatic heterocycles. The highest BCUT2D eigenvalue weighted by atomic mass is 16.5. The van der Waals surface area contributed by atoms with E-state index in [4.69, 9.17) is 9.47 Å². The molecular weight excluding hydrogens is 360 g/mol. The van der Waals surface area contributed by atoms with Crippen LogP contribution in [0, 0.1) is 5.92 Å². The number of anilines is 2. The topological polar surface area (TPSA) is 96.5 Å². The van der Waals surface area contributed by atoms with E-state index in [-0.39, 0.29) is 24.8 Å².